The first kappa shape index (κ1) is 18.1. The lowest BCUT2D eigenvalue weighted by molar-refractivity contribution is -0.111. The number of rotatable bonds is 6. The predicted molar refractivity (Wildman–Crippen MR) is 110 cm³/mol. The highest BCUT2D eigenvalue weighted by Gasteiger charge is 2.04. The van der Waals surface area contributed by atoms with Crippen molar-refractivity contribution < 1.29 is 9.59 Å². The maximum Gasteiger partial charge on any atom is 0.248 e. The van der Waals surface area contributed by atoms with Gasteiger partial charge in [0.25, 0.3) is 0 Å². The zero-order valence-electron chi connectivity index (χ0n) is 14.7. The summed E-state index contributed by atoms with van der Waals surface area (Å²) in [4.78, 5) is 24.4. The fraction of sp³-hybridized carbons (Fsp3) is 0. The molecule has 0 atom stereocenters. The van der Waals surface area contributed by atoms with Crippen LogP contribution in [0.5, 0.6) is 0 Å². The molecule has 0 radical (unpaired) electrons. The molecule has 0 heterocycles. The van der Waals surface area contributed by atoms with Crippen molar-refractivity contribution in [1.82, 2.24) is 0 Å². The van der Waals surface area contributed by atoms with Gasteiger partial charge in [-0.15, -0.1) is 0 Å². The van der Waals surface area contributed by atoms with Gasteiger partial charge in [0.15, 0.2) is 5.78 Å². The van der Waals surface area contributed by atoms with E-state index in [0.29, 0.717) is 11.3 Å². The SMILES string of the molecule is O=C(C=Cc1ccccc1)Nc1cccc(C(=O)C=Cc2ccccc2)c1. The molecule has 0 spiro atoms. The quantitative estimate of drug-likeness (QED) is 0.487. The van der Waals surface area contributed by atoms with Crippen molar-refractivity contribution in [3.05, 3.63) is 114 Å². The van der Waals surface area contributed by atoms with Gasteiger partial charge < -0.3 is 5.32 Å². The minimum absolute atomic E-state index is 0.116. The zero-order valence-corrected chi connectivity index (χ0v) is 14.7. The molecule has 1 amide bonds. The second-order valence-corrected chi connectivity index (χ2v) is 5.92. The van der Waals surface area contributed by atoms with Crippen LogP contribution in [0.4, 0.5) is 5.69 Å². The van der Waals surface area contributed by atoms with E-state index in [1.165, 1.54) is 12.2 Å². The van der Waals surface area contributed by atoms with E-state index in [2.05, 4.69) is 5.32 Å². The molecule has 0 unspecified atom stereocenters. The summed E-state index contributed by atoms with van der Waals surface area (Å²) < 4.78 is 0. The Morgan fingerprint density at radius 1 is 0.667 bits per heavy atom. The first-order valence-corrected chi connectivity index (χ1v) is 8.62. The van der Waals surface area contributed by atoms with Crippen LogP contribution in [0, 0.1) is 0 Å². The molecular formula is C24H19NO2. The lowest BCUT2D eigenvalue weighted by atomic mass is 10.1. The molecule has 132 valence electrons. The monoisotopic (exact) mass is 353 g/mol. The van der Waals surface area contributed by atoms with E-state index >= 15 is 0 Å². The topological polar surface area (TPSA) is 46.2 Å². The van der Waals surface area contributed by atoms with Gasteiger partial charge in [-0.1, -0.05) is 78.9 Å². The van der Waals surface area contributed by atoms with Gasteiger partial charge in [-0.05, 0) is 35.4 Å². The van der Waals surface area contributed by atoms with Crippen molar-refractivity contribution in [3.63, 3.8) is 0 Å². The summed E-state index contributed by atoms with van der Waals surface area (Å²) in [5.74, 6) is -0.363. The van der Waals surface area contributed by atoms with E-state index in [1.54, 1.807) is 36.4 Å². The molecule has 0 bridgehead atoms. The third-order valence-corrected chi connectivity index (χ3v) is 3.87. The van der Waals surface area contributed by atoms with Crippen molar-refractivity contribution in [2.75, 3.05) is 5.32 Å². The highest BCUT2D eigenvalue weighted by atomic mass is 16.1. The molecule has 0 aliphatic rings. The van der Waals surface area contributed by atoms with Crippen molar-refractivity contribution in [3.8, 4) is 0 Å². The van der Waals surface area contributed by atoms with E-state index in [4.69, 9.17) is 0 Å². The third-order valence-electron chi connectivity index (χ3n) is 3.87. The molecule has 0 saturated carbocycles. The normalized spacial score (nSPS) is 11.0. The summed E-state index contributed by atoms with van der Waals surface area (Å²) in [5.41, 5.74) is 3.01. The number of carbonyl (C=O) groups is 2. The van der Waals surface area contributed by atoms with E-state index < -0.39 is 0 Å². The Hall–Kier alpha value is -3.72. The standard InChI is InChI=1S/C24H19NO2/c26-23(16-14-19-8-3-1-4-9-19)21-12-7-13-22(18-21)25-24(27)17-15-20-10-5-2-6-11-20/h1-18H,(H,25,27). The number of hydrogen-bond acceptors (Lipinski definition) is 2. The molecule has 3 aromatic rings. The maximum absolute atomic E-state index is 12.4. The van der Waals surface area contributed by atoms with Crippen molar-refractivity contribution in [1.29, 1.82) is 0 Å². The smallest absolute Gasteiger partial charge is 0.248 e. The predicted octanol–water partition coefficient (Wildman–Crippen LogP) is 5.23. The highest BCUT2D eigenvalue weighted by Crippen LogP contribution is 2.13. The summed E-state index contributed by atoms with van der Waals surface area (Å²) in [7, 11) is 0. The van der Waals surface area contributed by atoms with Crippen LogP contribution in [0.3, 0.4) is 0 Å². The molecule has 3 aromatic carbocycles. The van der Waals surface area contributed by atoms with Crippen LogP contribution in [-0.2, 0) is 4.79 Å². The Labute approximate surface area is 158 Å². The van der Waals surface area contributed by atoms with Gasteiger partial charge in [-0.2, -0.15) is 0 Å². The van der Waals surface area contributed by atoms with Gasteiger partial charge in [0.1, 0.15) is 0 Å². The van der Waals surface area contributed by atoms with Crippen LogP contribution in [0.25, 0.3) is 12.2 Å². The summed E-state index contributed by atoms with van der Waals surface area (Å²) in [6.07, 6.45) is 6.52. The fourth-order valence-electron chi connectivity index (χ4n) is 2.50. The number of hydrogen-bond donors (Lipinski definition) is 1. The van der Waals surface area contributed by atoms with Gasteiger partial charge in [-0.25, -0.2) is 0 Å². The van der Waals surface area contributed by atoms with Crippen LogP contribution < -0.4 is 5.32 Å². The molecule has 1 N–H and O–H groups in total. The Balaban J connectivity index is 1.64. The molecule has 3 nitrogen and oxygen atoms in total. The number of anilines is 1. The first-order valence-electron chi connectivity index (χ1n) is 8.62. The molecule has 0 aliphatic heterocycles. The van der Waals surface area contributed by atoms with Gasteiger partial charge in [0.2, 0.25) is 5.91 Å². The molecule has 27 heavy (non-hydrogen) atoms. The van der Waals surface area contributed by atoms with Crippen LogP contribution in [0.2, 0.25) is 0 Å². The lowest BCUT2D eigenvalue weighted by Gasteiger charge is -2.04. The van der Waals surface area contributed by atoms with Gasteiger partial charge >= 0.3 is 0 Å². The molecule has 0 aliphatic carbocycles. The van der Waals surface area contributed by atoms with Crippen LogP contribution >= 0.6 is 0 Å². The average Bonchev–Trinajstić information content (AvgIpc) is 2.72. The van der Waals surface area contributed by atoms with E-state index in [9.17, 15) is 9.59 Å². The number of carbonyl (C=O) groups excluding carboxylic acids is 2. The molecule has 3 heteroatoms. The molecule has 0 fully saturated rings. The summed E-state index contributed by atoms with van der Waals surface area (Å²) in [6, 6.07) is 26.1. The fourth-order valence-corrected chi connectivity index (χ4v) is 2.50. The van der Waals surface area contributed by atoms with Crippen molar-refractivity contribution >= 4 is 29.5 Å². The summed E-state index contributed by atoms with van der Waals surface area (Å²) in [6.45, 7) is 0. The zero-order chi connectivity index (χ0) is 18.9. The van der Waals surface area contributed by atoms with E-state index in [-0.39, 0.29) is 11.7 Å². The molecule has 0 saturated heterocycles. The number of nitrogens with one attached hydrogen (secondary N) is 1. The highest BCUT2D eigenvalue weighted by molar-refractivity contribution is 6.08. The summed E-state index contributed by atoms with van der Waals surface area (Å²) in [5, 5.41) is 2.78. The summed E-state index contributed by atoms with van der Waals surface area (Å²) >= 11 is 0. The largest absolute Gasteiger partial charge is 0.322 e. The average molecular weight is 353 g/mol. The van der Waals surface area contributed by atoms with Crippen LogP contribution in [0.15, 0.2) is 97.1 Å². The van der Waals surface area contributed by atoms with E-state index in [1.807, 2.05) is 60.7 Å². The van der Waals surface area contributed by atoms with Crippen LogP contribution in [-0.4, -0.2) is 11.7 Å². The Morgan fingerprint density at radius 2 is 1.26 bits per heavy atom. The van der Waals surface area contributed by atoms with E-state index in [0.717, 1.165) is 11.1 Å². The first-order chi connectivity index (χ1) is 13.2. The Bertz CT molecular complexity index is 974. The minimum Gasteiger partial charge on any atom is -0.322 e. The van der Waals surface area contributed by atoms with Crippen molar-refractivity contribution in [2.24, 2.45) is 0 Å². The van der Waals surface area contributed by atoms with Gasteiger partial charge in [-0.3, -0.25) is 9.59 Å². The lowest BCUT2D eigenvalue weighted by Crippen LogP contribution is -2.08. The number of benzene rings is 3. The van der Waals surface area contributed by atoms with Crippen molar-refractivity contribution in [2.45, 2.75) is 0 Å². The van der Waals surface area contributed by atoms with Gasteiger partial charge in [0, 0.05) is 17.3 Å². The minimum atomic E-state index is -0.247. The second kappa shape index (κ2) is 9.11. The Morgan fingerprint density at radius 3 is 1.89 bits per heavy atom. The second-order valence-electron chi connectivity index (χ2n) is 5.92. The number of ketones is 1. The number of amides is 1. The van der Waals surface area contributed by atoms with Gasteiger partial charge in [0.05, 0.1) is 0 Å². The maximum atomic E-state index is 12.4. The van der Waals surface area contributed by atoms with Crippen LogP contribution in [0.1, 0.15) is 21.5 Å². The Kier molecular flexibility index (Phi) is 6.10. The molecule has 3 rings (SSSR count). The third kappa shape index (κ3) is 5.65. The number of allylic oxidation sites excluding steroid dienone is 1. The molecular weight excluding hydrogens is 334 g/mol. The molecule has 0 aromatic heterocycles.